The van der Waals surface area contributed by atoms with E-state index in [1.807, 2.05) is 6.92 Å². The van der Waals surface area contributed by atoms with Crippen LogP contribution in [0, 0.1) is 0 Å². The molecule has 2 atom stereocenters. The summed E-state index contributed by atoms with van der Waals surface area (Å²) in [6.45, 7) is 18.1. The van der Waals surface area contributed by atoms with Crippen molar-refractivity contribution in [3.05, 3.63) is 0 Å². The van der Waals surface area contributed by atoms with Gasteiger partial charge in [-0.2, -0.15) is 0 Å². The molecule has 0 aromatic heterocycles. The molecule has 0 aromatic carbocycles. The Bertz CT molecular complexity index is 217. The molecule has 0 radical (unpaired) electrons. The standard InChI is InChI=1S/C16H36O2Si/c1-9-15(17)11-16(10-2)18-19(12(3)4,13(5)6)14(7)8/h12-17H,9-11H2,1-8H3/t15-,16-/m0/s1. The number of hydrogen-bond acceptors (Lipinski definition) is 2. The maximum Gasteiger partial charge on any atom is 0.200 e. The van der Waals surface area contributed by atoms with Crippen LogP contribution in [0.25, 0.3) is 0 Å². The second kappa shape index (κ2) is 8.43. The maximum absolute atomic E-state index is 9.91. The molecule has 0 amide bonds. The Balaban J connectivity index is 5.07. The minimum Gasteiger partial charge on any atom is -0.413 e. The highest BCUT2D eigenvalue weighted by Gasteiger charge is 2.46. The van der Waals surface area contributed by atoms with Gasteiger partial charge in [0.1, 0.15) is 0 Å². The van der Waals surface area contributed by atoms with E-state index >= 15 is 0 Å². The summed E-state index contributed by atoms with van der Waals surface area (Å²) in [7, 11) is -1.80. The molecule has 3 heteroatoms. The van der Waals surface area contributed by atoms with Crippen LogP contribution >= 0.6 is 0 Å². The van der Waals surface area contributed by atoms with Crippen LogP contribution in [-0.2, 0) is 4.43 Å². The summed E-state index contributed by atoms with van der Waals surface area (Å²) in [5.74, 6) is 0. The van der Waals surface area contributed by atoms with Crippen LogP contribution in [0.2, 0.25) is 16.6 Å². The lowest BCUT2D eigenvalue weighted by Crippen LogP contribution is -2.50. The van der Waals surface area contributed by atoms with Gasteiger partial charge in [0.25, 0.3) is 0 Å². The van der Waals surface area contributed by atoms with Gasteiger partial charge in [0.05, 0.1) is 6.10 Å². The first-order valence-corrected chi connectivity index (χ1v) is 10.2. The van der Waals surface area contributed by atoms with Gasteiger partial charge in [0, 0.05) is 6.10 Å². The summed E-state index contributed by atoms with van der Waals surface area (Å²) in [5.41, 5.74) is 1.83. The van der Waals surface area contributed by atoms with Crippen molar-refractivity contribution < 1.29 is 9.53 Å². The smallest absolute Gasteiger partial charge is 0.200 e. The minimum atomic E-state index is -1.80. The predicted octanol–water partition coefficient (Wildman–Crippen LogP) is 5.12. The summed E-state index contributed by atoms with van der Waals surface area (Å²) in [6.07, 6.45) is 2.60. The molecule has 19 heavy (non-hydrogen) atoms. The van der Waals surface area contributed by atoms with E-state index in [0.717, 1.165) is 19.3 Å². The normalized spacial score (nSPS) is 16.4. The number of rotatable bonds is 9. The van der Waals surface area contributed by atoms with Gasteiger partial charge in [0.2, 0.25) is 8.32 Å². The lowest BCUT2D eigenvalue weighted by molar-refractivity contribution is 0.0793. The van der Waals surface area contributed by atoms with Crippen molar-refractivity contribution in [1.29, 1.82) is 0 Å². The first kappa shape index (κ1) is 19.1. The van der Waals surface area contributed by atoms with Crippen LogP contribution in [0.1, 0.15) is 74.7 Å². The highest BCUT2D eigenvalue weighted by Crippen LogP contribution is 2.43. The van der Waals surface area contributed by atoms with E-state index in [9.17, 15) is 5.11 Å². The average Bonchev–Trinajstić information content (AvgIpc) is 2.32. The van der Waals surface area contributed by atoms with E-state index in [2.05, 4.69) is 48.5 Å². The lowest BCUT2D eigenvalue weighted by atomic mass is 10.1. The van der Waals surface area contributed by atoms with Crippen LogP contribution in [0.4, 0.5) is 0 Å². The van der Waals surface area contributed by atoms with Crippen LogP contribution in [-0.4, -0.2) is 25.6 Å². The molecule has 0 aromatic rings. The van der Waals surface area contributed by atoms with E-state index in [-0.39, 0.29) is 12.2 Å². The van der Waals surface area contributed by atoms with Crippen molar-refractivity contribution in [3.63, 3.8) is 0 Å². The van der Waals surface area contributed by atoms with Gasteiger partial charge >= 0.3 is 0 Å². The van der Waals surface area contributed by atoms with Gasteiger partial charge in [-0.3, -0.25) is 0 Å². The molecule has 0 saturated heterocycles. The first-order chi connectivity index (χ1) is 8.72. The number of aliphatic hydroxyl groups is 1. The SMILES string of the molecule is CC[C@H](O)C[C@H](CC)O[Si](C(C)C)(C(C)C)C(C)C. The number of hydrogen-bond donors (Lipinski definition) is 1. The van der Waals surface area contributed by atoms with Crippen LogP contribution in [0.15, 0.2) is 0 Å². The third kappa shape index (κ3) is 4.87. The average molecular weight is 289 g/mol. The fraction of sp³-hybridized carbons (Fsp3) is 1.00. The van der Waals surface area contributed by atoms with Crippen molar-refractivity contribution in [2.75, 3.05) is 0 Å². The van der Waals surface area contributed by atoms with E-state index in [1.54, 1.807) is 0 Å². The van der Waals surface area contributed by atoms with E-state index in [1.165, 1.54) is 0 Å². The van der Waals surface area contributed by atoms with Gasteiger partial charge in [-0.1, -0.05) is 55.4 Å². The van der Waals surface area contributed by atoms with E-state index in [4.69, 9.17) is 4.43 Å². The summed E-state index contributed by atoms with van der Waals surface area (Å²) in [5, 5.41) is 9.91. The van der Waals surface area contributed by atoms with Crippen molar-refractivity contribution >= 4 is 8.32 Å². The van der Waals surface area contributed by atoms with E-state index in [0.29, 0.717) is 16.6 Å². The van der Waals surface area contributed by atoms with Crippen LogP contribution in [0.3, 0.4) is 0 Å². The molecule has 0 bridgehead atoms. The second-order valence-electron chi connectivity index (χ2n) is 6.76. The minimum absolute atomic E-state index is 0.216. The van der Waals surface area contributed by atoms with Gasteiger partial charge in [-0.05, 0) is 35.9 Å². The zero-order valence-corrected chi connectivity index (χ0v) is 15.4. The van der Waals surface area contributed by atoms with Crippen molar-refractivity contribution in [2.45, 2.75) is 103 Å². The summed E-state index contributed by atoms with van der Waals surface area (Å²) < 4.78 is 6.72. The molecular weight excluding hydrogens is 252 g/mol. The highest BCUT2D eigenvalue weighted by atomic mass is 28.4. The fourth-order valence-corrected chi connectivity index (χ4v) is 9.12. The lowest BCUT2D eigenvalue weighted by Gasteiger charge is -2.45. The molecule has 0 spiro atoms. The van der Waals surface area contributed by atoms with Gasteiger partial charge in [-0.25, -0.2) is 0 Å². The van der Waals surface area contributed by atoms with Crippen LogP contribution in [0.5, 0.6) is 0 Å². The maximum atomic E-state index is 9.91. The second-order valence-corrected chi connectivity index (χ2v) is 12.2. The highest BCUT2D eigenvalue weighted by molar-refractivity contribution is 6.77. The van der Waals surface area contributed by atoms with Gasteiger partial charge in [0.15, 0.2) is 0 Å². The van der Waals surface area contributed by atoms with Gasteiger partial charge < -0.3 is 9.53 Å². The predicted molar refractivity (Wildman–Crippen MR) is 87.1 cm³/mol. The molecule has 0 unspecified atom stereocenters. The van der Waals surface area contributed by atoms with E-state index < -0.39 is 8.32 Å². The third-order valence-corrected chi connectivity index (χ3v) is 10.7. The largest absolute Gasteiger partial charge is 0.413 e. The Morgan fingerprint density at radius 1 is 0.842 bits per heavy atom. The molecule has 0 rings (SSSR count). The molecule has 0 fully saturated rings. The Labute approximate surface area is 122 Å². The topological polar surface area (TPSA) is 29.5 Å². The zero-order valence-electron chi connectivity index (χ0n) is 14.4. The third-order valence-electron chi connectivity index (χ3n) is 4.54. The molecule has 0 heterocycles. The molecule has 116 valence electrons. The molecule has 1 N–H and O–H groups in total. The van der Waals surface area contributed by atoms with Crippen molar-refractivity contribution in [3.8, 4) is 0 Å². The van der Waals surface area contributed by atoms with Crippen molar-refractivity contribution in [1.82, 2.24) is 0 Å². The summed E-state index contributed by atoms with van der Waals surface area (Å²) >= 11 is 0. The summed E-state index contributed by atoms with van der Waals surface area (Å²) in [6, 6.07) is 0. The molecule has 2 nitrogen and oxygen atoms in total. The Kier molecular flexibility index (Phi) is 8.49. The number of aliphatic hydroxyl groups excluding tert-OH is 1. The quantitative estimate of drug-likeness (QED) is 0.597. The summed E-state index contributed by atoms with van der Waals surface area (Å²) in [4.78, 5) is 0. The Morgan fingerprint density at radius 3 is 1.53 bits per heavy atom. The Hall–Kier alpha value is 0.137. The molecular formula is C16H36O2Si. The van der Waals surface area contributed by atoms with Crippen LogP contribution < -0.4 is 0 Å². The van der Waals surface area contributed by atoms with Gasteiger partial charge in [-0.15, -0.1) is 0 Å². The zero-order chi connectivity index (χ0) is 15.2. The van der Waals surface area contributed by atoms with Crippen molar-refractivity contribution in [2.24, 2.45) is 0 Å². The fourth-order valence-electron chi connectivity index (χ4n) is 3.47. The monoisotopic (exact) mass is 288 g/mol. The molecule has 0 aliphatic heterocycles. The first-order valence-electron chi connectivity index (χ1n) is 8.08. The molecule has 0 saturated carbocycles. The molecule has 0 aliphatic carbocycles. The Morgan fingerprint density at radius 2 is 1.26 bits per heavy atom. The molecule has 0 aliphatic rings.